The Morgan fingerprint density at radius 1 is 1.16 bits per heavy atom. The third-order valence-electron chi connectivity index (χ3n) is 3.10. The van der Waals surface area contributed by atoms with Gasteiger partial charge in [0.1, 0.15) is 16.7 Å². The van der Waals surface area contributed by atoms with Crippen molar-refractivity contribution in [1.82, 2.24) is 4.98 Å². The Hall–Kier alpha value is -1.42. The first-order valence-electron chi connectivity index (χ1n) is 6.26. The van der Waals surface area contributed by atoms with Gasteiger partial charge in [0.05, 0.1) is 0 Å². The highest BCUT2D eigenvalue weighted by molar-refractivity contribution is 7.99. The summed E-state index contributed by atoms with van der Waals surface area (Å²) in [5, 5.41) is 0.847. The van der Waals surface area contributed by atoms with Gasteiger partial charge in [-0.3, -0.25) is 0 Å². The van der Waals surface area contributed by atoms with Gasteiger partial charge < -0.3 is 0 Å². The van der Waals surface area contributed by atoms with Gasteiger partial charge in [-0.05, 0) is 42.5 Å². The van der Waals surface area contributed by atoms with Crippen LogP contribution in [-0.2, 0) is 0 Å². The molecule has 0 N–H and O–H groups in total. The summed E-state index contributed by atoms with van der Waals surface area (Å²) in [6.07, 6.45) is 4.28. The molecule has 1 aliphatic carbocycles. The van der Waals surface area contributed by atoms with Crippen LogP contribution in [0.4, 0.5) is 8.78 Å². The Balaban J connectivity index is 1.93. The van der Waals surface area contributed by atoms with E-state index in [-0.39, 0.29) is 0 Å². The largest absolute Gasteiger partial charge is 0.249 e. The fourth-order valence-electron chi connectivity index (χ4n) is 1.92. The molecule has 19 heavy (non-hydrogen) atoms. The lowest BCUT2D eigenvalue weighted by atomic mass is 10.1. The van der Waals surface area contributed by atoms with Crippen molar-refractivity contribution in [2.45, 2.75) is 17.9 Å². The van der Waals surface area contributed by atoms with Crippen molar-refractivity contribution in [3.8, 4) is 11.1 Å². The molecule has 0 saturated heterocycles. The molecule has 1 aromatic heterocycles. The molecule has 98 valence electrons. The predicted molar refractivity (Wildman–Crippen MR) is 73.0 cm³/mol. The first kappa shape index (κ1) is 12.6. The number of rotatable bonds is 4. The van der Waals surface area contributed by atoms with Crippen molar-refractivity contribution in [3.05, 3.63) is 48.2 Å². The molecule has 3 rings (SSSR count). The summed E-state index contributed by atoms with van der Waals surface area (Å²) in [5.74, 6) is 0.694. The maximum atomic E-state index is 13.3. The molecule has 0 atom stereocenters. The van der Waals surface area contributed by atoms with Gasteiger partial charge in [0.2, 0.25) is 0 Å². The third-order valence-corrected chi connectivity index (χ3v) is 4.33. The highest BCUT2D eigenvalue weighted by Crippen LogP contribution is 2.37. The van der Waals surface area contributed by atoms with Crippen LogP contribution in [0.25, 0.3) is 11.1 Å². The Kier molecular flexibility index (Phi) is 3.51. The molecule has 2 aromatic rings. The van der Waals surface area contributed by atoms with Gasteiger partial charge in [-0.25, -0.2) is 13.8 Å². The SMILES string of the molecule is Fc1cc(F)cc(-c2cccnc2SCC2CC2)c1. The zero-order valence-corrected chi connectivity index (χ0v) is 11.1. The summed E-state index contributed by atoms with van der Waals surface area (Å²) in [6, 6.07) is 7.23. The van der Waals surface area contributed by atoms with Gasteiger partial charge in [-0.2, -0.15) is 0 Å². The second-order valence-corrected chi connectivity index (χ2v) is 5.78. The molecule has 0 bridgehead atoms. The summed E-state index contributed by atoms with van der Waals surface area (Å²) in [7, 11) is 0. The van der Waals surface area contributed by atoms with Gasteiger partial charge in [-0.15, -0.1) is 11.8 Å². The van der Waals surface area contributed by atoms with Crippen LogP contribution < -0.4 is 0 Å². The molecule has 0 aliphatic heterocycles. The Morgan fingerprint density at radius 3 is 2.58 bits per heavy atom. The first-order chi connectivity index (χ1) is 9.22. The van der Waals surface area contributed by atoms with Crippen molar-refractivity contribution >= 4 is 11.8 Å². The van der Waals surface area contributed by atoms with Crippen LogP contribution in [0.1, 0.15) is 12.8 Å². The third kappa shape index (κ3) is 3.13. The number of pyridine rings is 1. The molecular weight excluding hydrogens is 264 g/mol. The highest BCUT2D eigenvalue weighted by Gasteiger charge is 2.22. The molecule has 1 aromatic carbocycles. The van der Waals surface area contributed by atoms with Crippen molar-refractivity contribution in [3.63, 3.8) is 0 Å². The predicted octanol–water partition coefficient (Wildman–Crippen LogP) is 4.53. The van der Waals surface area contributed by atoms with Crippen LogP contribution in [0, 0.1) is 17.6 Å². The van der Waals surface area contributed by atoms with Crippen LogP contribution in [0.5, 0.6) is 0 Å². The summed E-state index contributed by atoms with van der Waals surface area (Å²) in [6.45, 7) is 0. The minimum atomic E-state index is -0.558. The molecule has 1 aliphatic rings. The molecule has 0 radical (unpaired) electrons. The monoisotopic (exact) mass is 277 g/mol. The van der Waals surface area contributed by atoms with Crippen LogP contribution in [0.2, 0.25) is 0 Å². The lowest BCUT2D eigenvalue weighted by molar-refractivity contribution is 0.584. The molecular formula is C15H13F2NS. The van der Waals surface area contributed by atoms with E-state index in [0.717, 1.165) is 28.3 Å². The molecule has 0 spiro atoms. The summed E-state index contributed by atoms with van der Waals surface area (Å²) >= 11 is 1.67. The van der Waals surface area contributed by atoms with E-state index in [1.54, 1.807) is 24.0 Å². The number of thioether (sulfide) groups is 1. The van der Waals surface area contributed by atoms with Crippen LogP contribution in [-0.4, -0.2) is 10.7 Å². The number of hydrogen-bond acceptors (Lipinski definition) is 2. The van der Waals surface area contributed by atoms with E-state index in [1.807, 2.05) is 6.07 Å². The number of aromatic nitrogens is 1. The van der Waals surface area contributed by atoms with E-state index in [1.165, 1.54) is 25.0 Å². The van der Waals surface area contributed by atoms with E-state index in [2.05, 4.69) is 4.98 Å². The van der Waals surface area contributed by atoms with Gasteiger partial charge in [0.25, 0.3) is 0 Å². The van der Waals surface area contributed by atoms with Gasteiger partial charge in [0.15, 0.2) is 0 Å². The Labute approximate surface area is 115 Å². The molecule has 1 nitrogen and oxygen atoms in total. The smallest absolute Gasteiger partial charge is 0.126 e. The Bertz CT molecular complexity index is 576. The van der Waals surface area contributed by atoms with E-state index < -0.39 is 11.6 Å². The van der Waals surface area contributed by atoms with Gasteiger partial charge in [-0.1, -0.05) is 6.07 Å². The topological polar surface area (TPSA) is 12.9 Å². The summed E-state index contributed by atoms with van der Waals surface area (Å²) in [5.41, 5.74) is 1.34. The van der Waals surface area contributed by atoms with Crippen molar-refractivity contribution in [1.29, 1.82) is 0 Å². The van der Waals surface area contributed by atoms with E-state index in [9.17, 15) is 8.78 Å². The maximum absolute atomic E-state index is 13.3. The van der Waals surface area contributed by atoms with E-state index >= 15 is 0 Å². The molecule has 0 unspecified atom stereocenters. The summed E-state index contributed by atoms with van der Waals surface area (Å²) in [4.78, 5) is 4.33. The molecule has 1 saturated carbocycles. The second kappa shape index (κ2) is 5.29. The Morgan fingerprint density at radius 2 is 1.89 bits per heavy atom. The number of nitrogens with zero attached hydrogens (tertiary/aromatic N) is 1. The van der Waals surface area contributed by atoms with E-state index in [0.29, 0.717) is 5.56 Å². The molecule has 1 heterocycles. The molecule has 0 amide bonds. The highest BCUT2D eigenvalue weighted by atomic mass is 32.2. The van der Waals surface area contributed by atoms with E-state index in [4.69, 9.17) is 0 Å². The normalized spacial score (nSPS) is 14.6. The van der Waals surface area contributed by atoms with Gasteiger partial charge >= 0.3 is 0 Å². The van der Waals surface area contributed by atoms with Crippen LogP contribution in [0.3, 0.4) is 0 Å². The zero-order chi connectivity index (χ0) is 13.2. The number of benzene rings is 1. The zero-order valence-electron chi connectivity index (χ0n) is 10.3. The number of hydrogen-bond donors (Lipinski definition) is 0. The quantitative estimate of drug-likeness (QED) is 0.762. The average molecular weight is 277 g/mol. The fraction of sp³-hybridized carbons (Fsp3) is 0.267. The lowest BCUT2D eigenvalue weighted by Gasteiger charge is -2.08. The van der Waals surface area contributed by atoms with Crippen molar-refractivity contribution in [2.24, 2.45) is 5.92 Å². The van der Waals surface area contributed by atoms with Crippen molar-refractivity contribution < 1.29 is 8.78 Å². The molecule has 4 heteroatoms. The second-order valence-electron chi connectivity index (χ2n) is 4.77. The molecule has 1 fully saturated rings. The van der Waals surface area contributed by atoms with Crippen LogP contribution in [0.15, 0.2) is 41.6 Å². The first-order valence-corrected chi connectivity index (χ1v) is 7.25. The lowest BCUT2D eigenvalue weighted by Crippen LogP contribution is -1.91. The standard InChI is InChI=1S/C15H13F2NS/c16-12-6-11(7-13(17)8-12)14-2-1-5-18-15(14)19-9-10-3-4-10/h1-2,5-8,10H,3-4,9H2. The maximum Gasteiger partial charge on any atom is 0.126 e. The van der Waals surface area contributed by atoms with Gasteiger partial charge in [0, 0.05) is 23.6 Å². The van der Waals surface area contributed by atoms with Crippen molar-refractivity contribution in [2.75, 3.05) is 5.75 Å². The minimum absolute atomic E-state index is 0.545. The average Bonchev–Trinajstić information content (AvgIpc) is 3.19. The van der Waals surface area contributed by atoms with Crippen LogP contribution >= 0.6 is 11.8 Å². The fourth-order valence-corrected chi connectivity index (χ4v) is 3.12. The minimum Gasteiger partial charge on any atom is -0.249 e. The number of halogens is 2. The summed E-state index contributed by atoms with van der Waals surface area (Å²) < 4.78 is 26.6.